The van der Waals surface area contributed by atoms with E-state index in [0.717, 1.165) is 31.2 Å². The molecule has 72 valence electrons. The van der Waals surface area contributed by atoms with Gasteiger partial charge in [-0.15, -0.1) is 0 Å². The lowest BCUT2D eigenvalue weighted by Gasteiger charge is -2.19. The van der Waals surface area contributed by atoms with Gasteiger partial charge in [0.25, 0.3) is 0 Å². The number of aromatic nitrogens is 2. The molecule has 0 unspecified atom stereocenters. The van der Waals surface area contributed by atoms with Gasteiger partial charge in [0.2, 0.25) is 5.95 Å². The fraction of sp³-hybridized carbons (Fsp3) is 0.600. The van der Waals surface area contributed by atoms with Crippen LogP contribution in [0.25, 0.3) is 0 Å². The molecule has 1 heterocycles. The van der Waals surface area contributed by atoms with E-state index in [-0.39, 0.29) is 0 Å². The largest absolute Gasteiger partial charge is 0.341 e. The first-order valence-corrected chi connectivity index (χ1v) is 4.82. The predicted octanol–water partition coefficient (Wildman–Crippen LogP) is 2.02. The highest BCUT2D eigenvalue weighted by Gasteiger charge is 2.04. The van der Waals surface area contributed by atoms with Crippen LogP contribution in [0.15, 0.2) is 12.3 Å². The maximum absolute atomic E-state index is 4.38. The molecule has 0 aromatic carbocycles. The van der Waals surface area contributed by atoms with E-state index in [9.17, 15) is 0 Å². The molecular weight excluding hydrogens is 162 g/mol. The zero-order valence-electron chi connectivity index (χ0n) is 8.62. The number of nitrogens with zero attached hydrogens (tertiary/aromatic N) is 3. The van der Waals surface area contributed by atoms with Crippen LogP contribution < -0.4 is 4.90 Å². The lowest BCUT2D eigenvalue weighted by atomic mass is 10.4. The molecule has 0 saturated carbocycles. The number of hydrogen-bond acceptors (Lipinski definition) is 3. The third kappa shape index (κ3) is 2.68. The van der Waals surface area contributed by atoms with E-state index in [0.29, 0.717) is 0 Å². The Kier molecular flexibility index (Phi) is 3.68. The maximum atomic E-state index is 4.38. The molecule has 0 amide bonds. The topological polar surface area (TPSA) is 29.0 Å². The van der Waals surface area contributed by atoms with Crippen LogP contribution in [0.2, 0.25) is 0 Å². The van der Waals surface area contributed by atoms with Crippen LogP contribution in [0.5, 0.6) is 0 Å². The van der Waals surface area contributed by atoms with E-state index in [1.807, 2.05) is 19.2 Å². The van der Waals surface area contributed by atoms with Crippen molar-refractivity contribution in [2.45, 2.75) is 27.2 Å². The van der Waals surface area contributed by atoms with Gasteiger partial charge in [0.1, 0.15) is 0 Å². The Morgan fingerprint density at radius 3 is 2.69 bits per heavy atom. The van der Waals surface area contributed by atoms with Gasteiger partial charge < -0.3 is 4.90 Å². The fourth-order valence-electron chi connectivity index (χ4n) is 1.26. The quantitative estimate of drug-likeness (QED) is 0.708. The van der Waals surface area contributed by atoms with Crippen LogP contribution in [0.3, 0.4) is 0 Å². The van der Waals surface area contributed by atoms with Crippen LogP contribution in [0.4, 0.5) is 5.95 Å². The van der Waals surface area contributed by atoms with E-state index in [1.54, 1.807) is 0 Å². The Morgan fingerprint density at radius 2 is 2.15 bits per heavy atom. The van der Waals surface area contributed by atoms with Crippen molar-refractivity contribution in [2.75, 3.05) is 18.0 Å². The van der Waals surface area contributed by atoms with Gasteiger partial charge in [0.05, 0.1) is 0 Å². The van der Waals surface area contributed by atoms with Crippen LogP contribution >= 0.6 is 0 Å². The minimum atomic E-state index is 0.851. The van der Waals surface area contributed by atoms with Gasteiger partial charge in [-0.1, -0.05) is 6.92 Å². The first kappa shape index (κ1) is 9.96. The molecule has 0 aliphatic rings. The summed E-state index contributed by atoms with van der Waals surface area (Å²) in [4.78, 5) is 10.8. The minimum absolute atomic E-state index is 0.851. The highest BCUT2D eigenvalue weighted by Crippen LogP contribution is 2.06. The molecule has 0 bridgehead atoms. The van der Waals surface area contributed by atoms with Crippen LogP contribution in [0.1, 0.15) is 26.0 Å². The number of anilines is 1. The molecule has 1 aromatic heterocycles. The van der Waals surface area contributed by atoms with Gasteiger partial charge in [-0.2, -0.15) is 0 Å². The van der Waals surface area contributed by atoms with Crippen molar-refractivity contribution in [3.05, 3.63) is 18.0 Å². The lowest BCUT2D eigenvalue weighted by Crippen LogP contribution is -2.25. The van der Waals surface area contributed by atoms with Crippen molar-refractivity contribution in [3.63, 3.8) is 0 Å². The Labute approximate surface area is 79.8 Å². The summed E-state index contributed by atoms with van der Waals surface area (Å²) in [7, 11) is 0. The fourth-order valence-corrected chi connectivity index (χ4v) is 1.26. The number of aryl methyl sites for hydroxylation is 1. The summed E-state index contributed by atoms with van der Waals surface area (Å²) in [5.74, 6) is 0.851. The van der Waals surface area contributed by atoms with E-state index < -0.39 is 0 Å². The second-order valence-corrected chi connectivity index (χ2v) is 3.08. The van der Waals surface area contributed by atoms with Crippen LogP contribution in [0, 0.1) is 6.92 Å². The molecule has 13 heavy (non-hydrogen) atoms. The first-order valence-electron chi connectivity index (χ1n) is 4.82. The van der Waals surface area contributed by atoms with Gasteiger partial charge in [-0.25, -0.2) is 9.97 Å². The third-order valence-corrected chi connectivity index (χ3v) is 1.94. The summed E-state index contributed by atoms with van der Waals surface area (Å²) >= 11 is 0. The molecule has 1 rings (SSSR count). The molecule has 0 radical (unpaired) electrons. The maximum Gasteiger partial charge on any atom is 0.225 e. The van der Waals surface area contributed by atoms with Crippen molar-refractivity contribution in [2.24, 2.45) is 0 Å². The highest BCUT2D eigenvalue weighted by molar-refractivity contribution is 5.29. The average Bonchev–Trinajstić information content (AvgIpc) is 2.14. The standard InChI is InChI=1S/C10H17N3/c1-4-8-13(5-2)10-11-7-6-9(3)12-10/h6-7H,4-5,8H2,1-3H3. The van der Waals surface area contributed by atoms with Gasteiger partial charge in [-0.3, -0.25) is 0 Å². The summed E-state index contributed by atoms with van der Waals surface area (Å²) in [5, 5.41) is 0. The minimum Gasteiger partial charge on any atom is -0.341 e. The van der Waals surface area contributed by atoms with Gasteiger partial charge in [0, 0.05) is 25.0 Å². The second-order valence-electron chi connectivity index (χ2n) is 3.08. The zero-order chi connectivity index (χ0) is 9.68. The zero-order valence-corrected chi connectivity index (χ0v) is 8.62. The molecule has 0 atom stereocenters. The lowest BCUT2D eigenvalue weighted by molar-refractivity contribution is 0.759. The summed E-state index contributed by atoms with van der Waals surface area (Å²) in [6, 6.07) is 1.92. The van der Waals surface area contributed by atoms with Crippen molar-refractivity contribution in [1.29, 1.82) is 0 Å². The summed E-state index contributed by atoms with van der Waals surface area (Å²) < 4.78 is 0. The predicted molar refractivity (Wildman–Crippen MR) is 54.9 cm³/mol. The summed E-state index contributed by atoms with van der Waals surface area (Å²) in [5.41, 5.74) is 1.03. The molecule has 0 N–H and O–H groups in total. The van der Waals surface area contributed by atoms with Crippen molar-refractivity contribution >= 4 is 5.95 Å². The van der Waals surface area contributed by atoms with Crippen LogP contribution in [-0.4, -0.2) is 23.1 Å². The Bertz CT molecular complexity index is 260. The van der Waals surface area contributed by atoms with Gasteiger partial charge >= 0.3 is 0 Å². The Morgan fingerprint density at radius 1 is 1.38 bits per heavy atom. The van der Waals surface area contributed by atoms with E-state index in [2.05, 4.69) is 28.7 Å². The highest BCUT2D eigenvalue weighted by atomic mass is 15.2. The average molecular weight is 179 g/mol. The van der Waals surface area contributed by atoms with Crippen molar-refractivity contribution < 1.29 is 0 Å². The molecule has 3 nitrogen and oxygen atoms in total. The van der Waals surface area contributed by atoms with Crippen molar-refractivity contribution in [3.8, 4) is 0 Å². The van der Waals surface area contributed by atoms with E-state index in [4.69, 9.17) is 0 Å². The summed E-state index contributed by atoms with van der Waals surface area (Å²) in [6.45, 7) is 8.28. The molecule has 0 saturated heterocycles. The number of hydrogen-bond donors (Lipinski definition) is 0. The molecule has 0 aliphatic carbocycles. The van der Waals surface area contributed by atoms with Gasteiger partial charge in [-0.05, 0) is 26.3 Å². The SMILES string of the molecule is CCCN(CC)c1nccc(C)n1. The molecular formula is C10H17N3. The molecule has 0 spiro atoms. The monoisotopic (exact) mass is 179 g/mol. The first-order chi connectivity index (χ1) is 6.27. The molecule has 3 heteroatoms. The second kappa shape index (κ2) is 4.80. The van der Waals surface area contributed by atoms with Crippen LogP contribution in [-0.2, 0) is 0 Å². The van der Waals surface area contributed by atoms with Gasteiger partial charge in [0.15, 0.2) is 0 Å². The molecule has 0 aliphatic heterocycles. The molecule has 0 fully saturated rings. The van der Waals surface area contributed by atoms with E-state index >= 15 is 0 Å². The summed E-state index contributed by atoms with van der Waals surface area (Å²) in [6.07, 6.45) is 2.95. The Hall–Kier alpha value is -1.12. The number of rotatable bonds is 4. The third-order valence-electron chi connectivity index (χ3n) is 1.94. The van der Waals surface area contributed by atoms with Crippen molar-refractivity contribution in [1.82, 2.24) is 9.97 Å². The van der Waals surface area contributed by atoms with E-state index in [1.165, 1.54) is 0 Å². The molecule has 1 aromatic rings. The smallest absolute Gasteiger partial charge is 0.225 e. The normalized spacial score (nSPS) is 10.1. The Balaban J connectivity index is 2.78.